The fourth-order valence-corrected chi connectivity index (χ4v) is 2.19. The number of carbonyl (C=O) groups excluding carboxylic acids is 3. The smallest absolute Gasteiger partial charge is 0.343 e. The Bertz CT molecular complexity index is 901. The molecule has 0 bridgehead atoms. The van der Waals surface area contributed by atoms with Gasteiger partial charge in [0.05, 0.1) is 17.7 Å². The number of hydrogen-bond donors (Lipinski definition) is 3. The second kappa shape index (κ2) is 9.88. The van der Waals surface area contributed by atoms with Crippen LogP contribution in [0.2, 0.25) is 0 Å². The lowest BCUT2D eigenvalue weighted by Gasteiger charge is -2.10. The van der Waals surface area contributed by atoms with Crippen molar-refractivity contribution in [1.82, 2.24) is 4.90 Å². The van der Waals surface area contributed by atoms with Crippen LogP contribution >= 0.6 is 0 Å². The first-order valence-corrected chi connectivity index (χ1v) is 8.66. The quantitative estimate of drug-likeness (QED) is 0.236. The van der Waals surface area contributed by atoms with Crippen LogP contribution in [0.3, 0.4) is 0 Å². The molecule has 0 saturated heterocycles. The largest absolute Gasteiger partial charge is 0.455 e. The maximum atomic E-state index is 12.2. The molecule has 2 rings (SSSR count). The van der Waals surface area contributed by atoms with E-state index in [1.54, 1.807) is 62.6 Å². The molecule has 2 aromatic rings. The number of amides is 1. The van der Waals surface area contributed by atoms with E-state index >= 15 is 0 Å². The summed E-state index contributed by atoms with van der Waals surface area (Å²) in [5.41, 5.74) is 12.4. The lowest BCUT2D eigenvalue weighted by molar-refractivity contribution is -0.356. The Labute approximate surface area is 167 Å². The van der Waals surface area contributed by atoms with Gasteiger partial charge in [-0.05, 0) is 42.0 Å². The molecule has 0 aliphatic carbocycles. The zero-order chi connectivity index (χ0) is 21.4. The van der Waals surface area contributed by atoms with Gasteiger partial charge in [-0.15, -0.1) is 0 Å². The van der Waals surface area contributed by atoms with E-state index in [4.69, 9.17) is 20.9 Å². The molecule has 152 valence electrons. The topological polar surface area (TPSA) is 139 Å². The first kappa shape index (κ1) is 21.4. The lowest BCUT2D eigenvalue weighted by Crippen LogP contribution is -2.72. The number of rotatable bonds is 7. The van der Waals surface area contributed by atoms with Gasteiger partial charge >= 0.3 is 17.9 Å². The van der Waals surface area contributed by atoms with Crippen molar-refractivity contribution in [2.75, 3.05) is 20.7 Å². The van der Waals surface area contributed by atoms with Crippen LogP contribution in [0.5, 0.6) is 5.75 Å². The molecule has 0 unspecified atom stereocenters. The van der Waals surface area contributed by atoms with Crippen LogP contribution in [0, 0.1) is 0 Å². The molecule has 0 aliphatic rings. The number of guanidine groups is 1. The number of hydrogen-bond acceptors (Lipinski definition) is 5. The highest BCUT2D eigenvalue weighted by Gasteiger charge is 2.12. The molecule has 0 aliphatic heterocycles. The first-order chi connectivity index (χ1) is 13.7. The Morgan fingerprint density at radius 3 is 2.14 bits per heavy atom. The summed E-state index contributed by atoms with van der Waals surface area (Å²) in [6, 6.07) is 12.9. The molecular formula is C20H23N4O5+. The minimum absolute atomic E-state index is 0.00465. The predicted octanol–water partition coefficient (Wildman–Crippen LogP) is -0.935. The number of nitrogens with two attached hydrogens (primary N) is 2. The van der Waals surface area contributed by atoms with Crippen molar-refractivity contribution in [2.24, 2.45) is 11.5 Å². The van der Waals surface area contributed by atoms with Crippen LogP contribution in [0.25, 0.3) is 0 Å². The van der Waals surface area contributed by atoms with Gasteiger partial charge in [-0.1, -0.05) is 12.1 Å². The van der Waals surface area contributed by atoms with Crippen LogP contribution in [0.15, 0.2) is 48.5 Å². The molecule has 0 saturated carbocycles. The van der Waals surface area contributed by atoms with Crippen molar-refractivity contribution in [2.45, 2.75) is 6.42 Å². The van der Waals surface area contributed by atoms with Gasteiger partial charge in [0.1, 0.15) is 5.75 Å². The summed E-state index contributed by atoms with van der Waals surface area (Å²) in [5.74, 6) is -0.969. The molecule has 0 radical (unpaired) electrons. The molecule has 0 heterocycles. The highest BCUT2D eigenvalue weighted by Crippen LogP contribution is 2.15. The highest BCUT2D eigenvalue weighted by molar-refractivity contribution is 5.91. The third kappa shape index (κ3) is 6.98. The molecule has 9 nitrogen and oxygen atoms in total. The molecular weight excluding hydrogens is 376 g/mol. The van der Waals surface area contributed by atoms with E-state index in [0.717, 1.165) is 0 Å². The molecule has 2 aromatic carbocycles. The van der Waals surface area contributed by atoms with Gasteiger partial charge < -0.3 is 14.4 Å². The number of nitrogens with one attached hydrogen (secondary N) is 1. The number of likely N-dealkylation sites (N-methyl/N-ethyl adjacent to an activating group) is 1. The minimum atomic E-state index is -0.532. The zero-order valence-electron chi connectivity index (χ0n) is 16.2. The monoisotopic (exact) mass is 399 g/mol. The van der Waals surface area contributed by atoms with E-state index in [0.29, 0.717) is 22.6 Å². The maximum Gasteiger partial charge on any atom is 0.343 e. The number of ether oxygens (including phenoxy) is 2. The van der Waals surface area contributed by atoms with E-state index in [1.807, 2.05) is 0 Å². The third-order valence-electron chi connectivity index (χ3n) is 3.75. The molecule has 0 aromatic heterocycles. The summed E-state index contributed by atoms with van der Waals surface area (Å²) >= 11 is 0. The average Bonchev–Trinajstić information content (AvgIpc) is 2.67. The van der Waals surface area contributed by atoms with Crippen LogP contribution in [-0.4, -0.2) is 49.4 Å². The highest BCUT2D eigenvalue weighted by atomic mass is 16.5. The molecule has 29 heavy (non-hydrogen) atoms. The van der Waals surface area contributed by atoms with Gasteiger partial charge in [-0.2, -0.15) is 0 Å². The summed E-state index contributed by atoms with van der Waals surface area (Å²) in [5, 5.41) is 0. The van der Waals surface area contributed by atoms with Crippen LogP contribution < -0.4 is 21.2 Å². The number of esters is 2. The maximum absolute atomic E-state index is 12.2. The summed E-state index contributed by atoms with van der Waals surface area (Å²) in [7, 11) is 3.16. The summed E-state index contributed by atoms with van der Waals surface area (Å²) in [4.78, 5) is 39.5. The van der Waals surface area contributed by atoms with Gasteiger partial charge in [0.25, 0.3) is 5.91 Å². The summed E-state index contributed by atoms with van der Waals surface area (Å²) in [6.07, 6.45) is 0.00465. The van der Waals surface area contributed by atoms with Gasteiger partial charge in [0, 0.05) is 14.1 Å². The molecule has 0 fully saturated rings. The van der Waals surface area contributed by atoms with Gasteiger partial charge in [-0.3, -0.25) is 21.1 Å². The summed E-state index contributed by atoms with van der Waals surface area (Å²) < 4.78 is 10.2. The molecule has 0 atom stereocenters. The van der Waals surface area contributed by atoms with Crippen molar-refractivity contribution >= 4 is 29.5 Å². The lowest BCUT2D eigenvalue weighted by atomic mass is 10.1. The van der Waals surface area contributed by atoms with E-state index < -0.39 is 11.9 Å². The van der Waals surface area contributed by atoms with Crippen molar-refractivity contribution in [3.05, 3.63) is 59.7 Å². The fraction of sp³-hybridized carbons (Fsp3) is 0.200. The van der Waals surface area contributed by atoms with Crippen molar-refractivity contribution < 1.29 is 28.8 Å². The van der Waals surface area contributed by atoms with E-state index in [9.17, 15) is 14.4 Å². The van der Waals surface area contributed by atoms with Crippen LogP contribution in [-0.2, 0) is 20.7 Å². The van der Waals surface area contributed by atoms with E-state index in [1.165, 1.54) is 4.90 Å². The second-order valence-electron chi connectivity index (χ2n) is 6.32. The molecule has 9 heteroatoms. The van der Waals surface area contributed by atoms with Gasteiger partial charge in [0.2, 0.25) is 0 Å². The van der Waals surface area contributed by atoms with Crippen LogP contribution in [0.4, 0.5) is 5.69 Å². The average molecular weight is 399 g/mol. The Kier molecular flexibility index (Phi) is 7.30. The fourth-order valence-electron chi connectivity index (χ4n) is 2.19. The third-order valence-corrected chi connectivity index (χ3v) is 3.75. The normalized spacial score (nSPS) is 10.0. The Hall–Kier alpha value is -3.88. The molecule has 0 spiro atoms. The minimum Gasteiger partial charge on any atom is -0.455 e. The van der Waals surface area contributed by atoms with Crippen molar-refractivity contribution in [3.8, 4) is 5.75 Å². The zero-order valence-corrected chi connectivity index (χ0v) is 16.2. The van der Waals surface area contributed by atoms with Gasteiger partial charge in [0.15, 0.2) is 6.61 Å². The standard InChI is InChI=1S/C20H22N4O5/c1-24(2)17(25)12-28-18(26)11-13-3-9-16(10-4-13)29-19(27)14-5-7-15(8-6-14)23-20(21)22/h3-10H,11-12H2,1-2H3,(H4,21,22,23)/p+1. The number of benzene rings is 2. The molecule has 1 amide bonds. The first-order valence-electron chi connectivity index (χ1n) is 8.66. The van der Waals surface area contributed by atoms with E-state index in [2.05, 4.69) is 4.99 Å². The van der Waals surface area contributed by atoms with Gasteiger partial charge in [-0.25, -0.2) is 9.79 Å². The van der Waals surface area contributed by atoms with Crippen LogP contribution in [0.1, 0.15) is 15.9 Å². The summed E-state index contributed by atoms with van der Waals surface area (Å²) in [6.45, 7) is -0.300. The number of carbonyl (C=O) groups is 3. The second-order valence-corrected chi connectivity index (χ2v) is 6.32. The van der Waals surface area contributed by atoms with Crippen molar-refractivity contribution in [1.29, 1.82) is 0 Å². The Morgan fingerprint density at radius 2 is 1.59 bits per heavy atom. The van der Waals surface area contributed by atoms with Crippen molar-refractivity contribution in [3.63, 3.8) is 0 Å². The predicted molar refractivity (Wildman–Crippen MR) is 105 cm³/mol. The Morgan fingerprint density at radius 1 is 0.966 bits per heavy atom. The SMILES string of the molecule is CN(C)C(=O)COC(=O)Cc1ccc(OC(=O)c2ccc([NH+]=C(N)N)cc2)cc1. The molecule has 5 N–H and O–H groups in total. The Balaban J connectivity index is 1.89. The number of nitrogens with zero attached hydrogens (tertiary/aromatic N) is 1. The van der Waals surface area contributed by atoms with E-state index in [-0.39, 0.29) is 24.9 Å².